The Hall–Kier alpha value is -1.56. The molecule has 1 heterocycles. The molecule has 1 fully saturated rings. The zero-order chi connectivity index (χ0) is 13.3. The first-order chi connectivity index (χ1) is 8.49. The van der Waals surface area contributed by atoms with Gasteiger partial charge >= 0.3 is 0 Å². The summed E-state index contributed by atoms with van der Waals surface area (Å²) in [6.07, 6.45) is 0. The molecule has 1 aliphatic heterocycles. The molecule has 0 radical (unpaired) electrons. The fourth-order valence-electron chi connectivity index (χ4n) is 1.97. The third-order valence-corrected chi connectivity index (χ3v) is 2.94. The molecule has 0 spiro atoms. The van der Waals surface area contributed by atoms with Crippen LogP contribution in [-0.4, -0.2) is 29.9 Å². The molecule has 1 atom stereocenters. The van der Waals surface area contributed by atoms with Crippen molar-refractivity contribution < 1.29 is 18.0 Å². The smallest absolute Gasteiger partial charge is 0.239 e. The maximum atomic E-state index is 13.5. The van der Waals surface area contributed by atoms with Gasteiger partial charge in [0.1, 0.15) is 5.82 Å². The van der Waals surface area contributed by atoms with Crippen molar-refractivity contribution in [1.29, 1.82) is 0 Å². The van der Waals surface area contributed by atoms with Crippen molar-refractivity contribution in [2.75, 3.05) is 13.1 Å². The first-order valence-corrected chi connectivity index (χ1v) is 5.64. The molecule has 18 heavy (non-hydrogen) atoms. The summed E-state index contributed by atoms with van der Waals surface area (Å²) in [5.74, 6) is -3.39. The van der Waals surface area contributed by atoms with E-state index in [9.17, 15) is 18.0 Å². The molecule has 0 aromatic heterocycles. The molecular weight excluding hydrogens is 245 g/mol. The first kappa shape index (κ1) is 12.9. The highest BCUT2D eigenvalue weighted by Gasteiger charge is 2.25. The van der Waals surface area contributed by atoms with Gasteiger partial charge in [-0.05, 0) is 13.0 Å². The van der Waals surface area contributed by atoms with Crippen LogP contribution in [0.15, 0.2) is 12.1 Å². The molecule has 0 aliphatic carbocycles. The lowest BCUT2D eigenvalue weighted by Gasteiger charge is -2.31. The van der Waals surface area contributed by atoms with Crippen LogP contribution in [-0.2, 0) is 11.3 Å². The molecule has 0 bridgehead atoms. The van der Waals surface area contributed by atoms with Gasteiger partial charge in [-0.15, -0.1) is 0 Å². The molecular formula is C12H13F3N2O. The fraction of sp³-hybridized carbons (Fsp3) is 0.417. The van der Waals surface area contributed by atoms with Gasteiger partial charge in [-0.1, -0.05) is 0 Å². The number of benzene rings is 1. The Kier molecular flexibility index (Phi) is 3.56. The Labute approximate surface area is 103 Å². The van der Waals surface area contributed by atoms with Gasteiger partial charge in [0, 0.05) is 31.3 Å². The van der Waals surface area contributed by atoms with E-state index in [0.29, 0.717) is 19.2 Å². The van der Waals surface area contributed by atoms with E-state index in [-0.39, 0.29) is 24.1 Å². The topological polar surface area (TPSA) is 32.3 Å². The van der Waals surface area contributed by atoms with Gasteiger partial charge in [-0.25, -0.2) is 13.2 Å². The Morgan fingerprint density at radius 3 is 2.83 bits per heavy atom. The fourth-order valence-corrected chi connectivity index (χ4v) is 1.97. The SMILES string of the molecule is CC1NCCN(Cc2cc(F)cc(F)c2F)C1=O. The summed E-state index contributed by atoms with van der Waals surface area (Å²) in [6.45, 7) is 2.54. The Bertz CT molecular complexity index is 479. The Balaban J connectivity index is 2.21. The maximum absolute atomic E-state index is 13.5. The highest BCUT2D eigenvalue weighted by atomic mass is 19.2. The van der Waals surface area contributed by atoms with Gasteiger partial charge in [0.05, 0.1) is 6.04 Å². The van der Waals surface area contributed by atoms with Gasteiger partial charge in [-0.3, -0.25) is 4.79 Å². The number of hydrogen-bond acceptors (Lipinski definition) is 2. The monoisotopic (exact) mass is 258 g/mol. The van der Waals surface area contributed by atoms with Crippen LogP contribution in [0.25, 0.3) is 0 Å². The van der Waals surface area contributed by atoms with Crippen molar-refractivity contribution in [2.24, 2.45) is 0 Å². The van der Waals surface area contributed by atoms with E-state index in [1.54, 1.807) is 6.92 Å². The van der Waals surface area contributed by atoms with Gasteiger partial charge in [0.15, 0.2) is 11.6 Å². The van der Waals surface area contributed by atoms with Crippen LogP contribution in [0.1, 0.15) is 12.5 Å². The highest BCUT2D eigenvalue weighted by Crippen LogP contribution is 2.17. The van der Waals surface area contributed by atoms with Gasteiger partial charge in [-0.2, -0.15) is 0 Å². The number of nitrogens with one attached hydrogen (secondary N) is 1. The van der Waals surface area contributed by atoms with Crippen molar-refractivity contribution in [1.82, 2.24) is 10.2 Å². The lowest BCUT2D eigenvalue weighted by molar-refractivity contribution is -0.135. The molecule has 0 saturated carbocycles. The van der Waals surface area contributed by atoms with Crippen molar-refractivity contribution in [3.8, 4) is 0 Å². The van der Waals surface area contributed by atoms with Gasteiger partial charge in [0.2, 0.25) is 5.91 Å². The van der Waals surface area contributed by atoms with Crippen LogP contribution in [0.2, 0.25) is 0 Å². The molecule has 1 amide bonds. The van der Waals surface area contributed by atoms with Crippen molar-refractivity contribution in [3.63, 3.8) is 0 Å². The highest BCUT2D eigenvalue weighted by molar-refractivity contribution is 5.82. The van der Waals surface area contributed by atoms with E-state index < -0.39 is 17.5 Å². The number of piperazine rings is 1. The van der Waals surface area contributed by atoms with E-state index in [1.165, 1.54) is 4.90 Å². The maximum Gasteiger partial charge on any atom is 0.239 e. The van der Waals surface area contributed by atoms with Crippen LogP contribution < -0.4 is 5.32 Å². The second-order valence-corrected chi connectivity index (χ2v) is 4.30. The van der Waals surface area contributed by atoms with Crippen LogP contribution in [0.4, 0.5) is 13.2 Å². The molecule has 2 rings (SSSR count). The van der Waals surface area contributed by atoms with Crippen LogP contribution in [0.3, 0.4) is 0 Å². The van der Waals surface area contributed by atoms with Gasteiger partial charge in [0.25, 0.3) is 0 Å². The third-order valence-electron chi connectivity index (χ3n) is 2.94. The normalized spacial score (nSPS) is 20.3. The number of amides is 1. The number of rotatable bonds is 2. The Morgan fingerprint density at radius 2 is 2.11 bits per heavy atom. The minimum Gasteiger partial charge on any atom is -0.336 e. The largest absolute Gasteiger partial charge is 0.336 e. The van der Waals surface area contributed by atoms with Gasteiger partial charge < -0.3 is 10.2 Å². The molecule has 1 unspecified atom stereocenters. The Morgan fingerprint density at radius 1 is 1.39 bits per heavy atom. The first-order valence-electron chi connectivity index (χ1n) is 5.64. The summed E-state index contributed by atoms with van der Waals surface area (Å²) in [4.78, 5) is 13.2. The third kappa shape index (κ3) is 2.48. The zero-order valence-corrected chi connectivity index (χ0v) is 9.84. The van der Waals surface area contributed by atoms with Crippen molar-refractivity contribution in [3.05, 3.63) is 35.1 Å². The summed E-state index contributed by atoms with van der Waals surface area (Å²) in [7, 11) is 0. The summed E-state index contributed by atoms with van der Waals surface area (Å²) >= 11 is 0. The molecule has 1 aromatic rings. The molecule has 6 heteroatoms. The molecule has 1 saturated heterocycles. The minimum absolute atomic E-state index is 0.120. The standard InChI is InChI=1S/C12H13F3N2O/c1-7-12(18)17(3-2-16-7)6-8-4-9(13)5-10(14)11(8)15/h4-5,7,16H,2-3,6H2,1H3. The lowest BCUT2D eigenvalue weighted by atomic mass is 10.1. The molecule has 98 valence electrons. The van der Waals surface area contributed by atoms with E-state index in [4.69, 9.17) is 0 Å². The second-order valence-electron chi connectivity index (χ2n) is 4.30. The summed E-state index contributed by atoms with van der Waals surface area (Å²) in [5, 5.41) is 2.95. The number of nitrogens with zero attached hydrogens (tertiary/aromatic N) is 1. The van der Waals surface area contributed by atoms with E-state index in [0.717, 1.165) is 6.07 Å². The lowest BCUT2D eigenvalue weighted by Crippen LogP contribution is -2.53. The zero-order valence-electron chi connectivity index (χ0n) is 9.84. The summed E-state index contributed by atoms with van der Waals surface area (Å²) < 4.78 is 39.5. The molecule has 1 aromatic carbocycles. The van der Waals surface area contributed by atoms with Crippen molar-refractivity contribution >= 4 is 5.91 Å². The molecule has 1 N–H and O–H groups in total. The average Bonchev–Trinajstić information content (AvgIpc) is 2.31. The quantitative estimate of drug-likeness (QED) is 0.814. The van der Waals surface area contributed by atoms with E-state index >= 15 is 0 Å². The summed E-state index contributed by atoms with van der Waals surface area (Å²) in [5.41, 5.74) is -0.144. The second kappa shape index (κ2) is 4.97. The number of carbonyl (C=O) groups excluding carboxylic acids is 1. The van der Waals surface area contributed by atoms with Crippen molar-refractivity contribution in [2.45, 2.75) is 19.5 Å². The number of halogens is 3. The predicted molar refractivity (Wildman–Crippen MR) is 59.2 cm³/mol. The van der Waals surface area contributed by atoms with Crippen LogP contribution in [0, 0.1) is 17.5 Å². The molecule has 1 aliphatic rings. The van der Waals surface area contributed by atoms with E-state index in [1.807, 2.05) is 0 Å². The average molecular weight is 258 g/mol. The number of hydrogen-bond donors (Lipinski definition) is 1. The van der Waals surface area contributed by atoms with Crippen LogP contribution in [0.5, 0.6) is 0 Å². The number of carbonyl (C=O) groups is 1. The van der Waals surface area contributed by atoms with Crippen LogP contribution >= 0.6 is 0 Å². The molecule has 3 nitrogen and oxygen atoms in total. The predicted octanol–water partition coefficient (Wildman–Crippen LogP) is 1.42. The minimum atomic E-state index is -1.24. The summed E-state index contributed by atoms with van der Waals surface area (Å²) in [6, 6.07) is 1.04. The van der Waals surface area contributed by atoms with E-state index in [2.05, 4.69) is 5.32 Å².